The lowest BCUT2D eigenvalue weighted by molar-refractivity contribution is -0.135. The molecule has 0 heterocycles. The summed E-state index contributed by atoms with van der Waals surface area (Å²) in [5.74, 6) is -1.60. The highest BCUT2D eigenvalue weighted by molar-refractivity contribution is 5.97. The first-order chi connectivity index (χ1) is 13.5. The molecule has 10 heteroatoms. The van der Waals surface area contributed by atoms with Crippen LogP contribution in [0.4, 0.5) is 8.78 Å². The normalized spacial score (nSPS) is 11.0. The molecule has 8 nitrogen and oxygen atoms in total. The zero-order chi connectivity index (χ0) is 22.2. The summed E-state index contributed by atoms with van der Waals surface area (Å²) in [5.41, 5.74) is -0.322. The van der Waals surface area contributed by atoms with Gasteiger partial charge in [0.1, 0.15) is 0 Å². The van der Waals surface area contributed by atoms with Gasteiger partial charge in [-0.2, -0.15) is 8.78 Å². The molecule has 0 saturated heterocycles. The maximum Gasteiger partial charge on any atom is 0.387 e. The van der Waals surface area contributed by atoms with Crippen LogP contribution in [0.2, 0.25) is 0 Å². The zero-order valence-electron chi connectivity index (χ0n) is 17.2. The quantitative estimate of drug-likeness (QED) is 0.641. The standard InChI is InChI=1S/C19H27F2N3O5/c1-6-24(11-15(25)23-19(2,3)4)16(26)10-22-17(27)12-7-8-13(29-18(20)21)14(9-12)28-5/h7-9,18H,6,10-11H2,1-5H3,(H,22,27)(H,23,25). The van der Waals surface area contributed by atoms with E-state index in [0.29, 0.717) is 6.54 Å². The third-order valence-corrected chi connectivity index (χ3v) is 3.63. The number of carbonyl (C=O) groups excluding carboxylic acids is 3. The number of carbonyl (C=O) groups is 3. The minimum atomic E-state index is -3.03. The van der Waals surface area contributed by atoms with Crippen molar-refractivity contribution in [1.29, 1.82) is 0 Å². The van der Waals surface area contributed by atoms with Crippen LogP contribution >= 0.6 is 0 Å². The van der Waals surface area contributed by atoms with Crippen molar-refractivity contribution < 1.29 is 32.6 Å². The van der Waals surface area contributed by atoms with E-state index in [9.17, 15) is 23.2 Å². The Bertz CT molecular complexity index is 735. The fraction of sp³-hybridized carbons (Fsp3) is 0.526. The molecule has 0 aliphatic rings. The molecule has 1 rings (SSSR count). The Kier molecular flexibility index (Phi) is 8.81. The summed E-state index contributed by atoms with van der Waals surface area (Å²) in [5, 5.41) is 5.20. The SMILES string of the molecule is CCN(CC(=O)NC(C)(C)C)C(=O)CNC(=O)c1ccc(OC(F)F)c(OC)c1. The number of halogens is 2. The molecular weight excluding hydrogens is 388 g/mol. The lowest BCUT2D eigenvalue weighted by Gasteiger charge is -2.25. The van der Waals surface area contributed by atoms with Gasteiger partial charge in [-0.25, -0.2) is 0 Å². The van der Waals surface area contributed by atoms with Crippen molar-refractivity contribution in [3.63, 3.8) is 0 Å². The number of rotatable bonds is 9. The van der Waals surface area contributed by atoms with Gasteiger partial charge in [0.05, 0.1) is 20.2 Å². The molecule has 0 aliphatic heterocycles. The Morgan fingerprint density at radius 2 is 1.83 bits per heavy atom. The Hall–Kier alpha value is -2.91. The highest BCUT2D eigenvalue weighted by atomic mass is 19.3. The molecule has 0 unspecified atom stereocenters. The average Bonchev–Trinajstić information content (AvgIpc) is 2.62. The summed E-state index contributed by atoms with van der Waals surface area (Å²) in [7, 11) is 1.25. The first-order valence-electron chi connectivity index (χ1n) is 8.96. The molecule has 2 N–H and O–H groups in total. The van der Waals surface area contributed by atoms with Crippen LogP contribution in [-0.2, 0) is 9.59 Å². The number of amides is 3. The van der Waals surface area contributed by atoms with Crippen LogP contribution < -0.4 is 20.1 Å². The number of alkyl halides is 2. The van der Waals surface area contributed by atoms with Gasteiger partial charge in [0.15, 0.2) is 11.5 Å². The molecule has 1 aromatic rings. The third kappa shape index (κ3) is 8.32. The van der Waals surface area contributed by atoms with Crippen LogP contribution in [0.15, 0.2) is 18.2 Å². The van der Waals surface area contributed by atoms with Gasteiger partial charge in [-0.15, -0.1) is 0 Å². The van der Waals surface area contributed by atoms with Gasteiger partial charge < -0.3 is 25.0 Å². The highest BCUT2D eigenvalue weighted by Crippen LogP contribution is 2.29. The van der Waals surface area contributed by atoms with E-state index in [0.717, 1.165) is 0 Å². The average molecular weight is 415 g/mol. The van der Waals surface area contributed by atoms with E-state index in [-0.39, 0.29) is 36.1 Å². The number of nitrogens with one attached hydrogen (secondary N) is 2. The van der Waals surface area contributed by atoms with Gasteiger partial charge in [0.25, 0.3) is 5.91 Å². The molecule has 1 aromatic carbocycles. The monoisotopic (exact) mass is 415 g/mol. The molecule has 0 radical (unpaired) electrons. The second-order valence-electron chi connectivity index (χ2n) is 7.13. The van der Waals surface area contributed by atoms with Gasteiger partial charge in [-0.3, -0.25) is 14.4 Å². The fourth-order valence-corrected chi connectivity index (χ4v) is 2.38. The van der Waals surface area contributed by atoms with Crippen molar-refractivity contribution in [3.8, 4) is 11.5 Å². The summed E-state index contributed by atoms with van der Waals surface area (Å²) < 4.78 is 34.0. The van der Waals surface area contributed by atoms with Gasteiger partial charge in [0, 0.05) is 17.6 Å². The predicted octanol–water partition coefficient (Wildman–Crippen LogP) is 1.79. The maximum absolute atomic E-state index is 12.4. The first kappa shape index (κ1) is 24.1. The smallest absolute Gasteiger partial charge is 0.387 e. The van der Waals surface area contributed by atoms with Crippen molar-refractivity contribution >= 4 is 17.7 Å². The topological polar surface area (TPSA) is 97.0 Å². The van der Waals surface area contributed by atoms with Crippen LogP contribution in [-0.4, -0.2) is 61.5 Å². The molecule has 0 aliphatic carbocycles. The number of nitrogens with zero attached hydrogens (tertiary/aromatic N) is 1. The minimum absolute atomic E-state index is 0.0432. The minimum Gasteiger partial charge on any atom is -0.493 e. The largest absolute Gasteiger partial charge is 0.493 e. The van der Waals surface area contributed by atoms with Crippen molar-refractivity contribution in [1.82, 2.24) is 15.5 Å². The number of methoxy groups -OCH3 is 1. The fourth-order valence-electron chi connectivity index (χ4n) is 2.38. The molecule has 162 valence electrons. The zero-order valence-corrected chi connectivity index (χ0v) is 17.2. The van der Waals surface area contributed by atoms with Crippen molar-refractivity contribution in [3.05, 3.63) is 23.8 Å². The lowest BCUT2D eigenvalue weighted by Crippen LogP contribution is -2.49. The van der Waals surface area contributed by atoms with Gasteiger partial charge in [-0.1, -0.05) is 0 Å². The number of hydrogen-bond donors (Lipinski definition) is 2. The first-order valence-corrected chi connectivity index (χ1v) is 8.96. The van der Waals surface area contributed by atoms with E-state index < -0.39 is 24.0 Å². The molecule has 0 aromatic heterocycles. The molecule has 0 fully saturated rings. The van der Waals surface area contributed by atoms with Crippen LogP contribution in [0.1, 0.15) is 38.1 Å². The Morgan fingerprint density at radius 3 is 2.34 bits per heavy atom. The van der Waals surface area contributed by atoms with E-state index in [4.69, 9.17) is 4.74 Å². The molecule has 0 bridgehead atoms. The summed E-state index contributed by atoms with van der Waals surface area (Å²) in [6.45, 7) is 4.01. The van der Waals surface area contributed by atoms with E-state index >= 15 is 0 Å². The van der Waals surface area contributed by atoms with Gasteiger partial charge in [-0.05, 0) is 45.9 Å². The summed E-state index contributed by atoms with van der Waals surface area (Å²) >= 11 is 0. The van der Waals surface area contributed by atoms with E-state index in [1.165, 1.54) is 30.2 Å². The number of benzene rings is 1. The third-order valence-electron chi connectivity index (χ3n) is 3.63. The van der Waals surface area contributed by atoms with Gasteiger partial charge in [0.2, 0.25) is 11.8 Å². The summed E-state index contributed by atoms with van der Waals surface area (Å²) in [4.78, 5) is 37.9. The van der Waals surface area contributed by atoms with Gasteiger partial charge >= 0.3 is 6.61 Å². The molecule has 0 atom stereocenters. The van der Waals surface area contributed by atoms with Crippen molar-refractivity contribution in [2.24, 2.45) is 0 Å². The van der Waals surface area contributed by atoms with Crippen molar-refractivity contribution in [2.45, 2.75) is 39.8 Å². The predicted molar refractivity (Wildman–Crippen MR) is 102 cm³/mol. The van der Waals surface area contributed by atoms with Crippen LogP contribution in [0.3, 0.4) is 0 Å². The second kappa shape index (κ2) is 10.6. The van der Waals surface area contributed by atoms with Crippen LogP contribution in [0, 0.1) is 0 Å². The number of likely N-dealkylation sites (N-methyl/N-ethyl adjacent to an activating group) is 1. The maximum atomic E-state index is 12.4. The van der Waals surface area contributed by atoms with E-state index in [2.05, 4.69) is 15.4 Å². The second-order valence-corrected chi connectivity index (χ2v) is 7.13. The molecule has 3 amide bonds. The van der Waals surface area contributed by atoms with Crippen molar-refractivity contribution in [2.75, 3.05) is 26.7 Å². The Labute approximate surface area is 168 Å². The number of ether oxygens (including phenoxy) is 2. The Morgan fingerprint density at radius 1 is 1.17 bits per heavy atom. The highest BCUT2D eigenvalue weighted by Gasteiger charge is 2.20. The number of hydrogen-bond acceptors (Lipinski definition) is 5. The molecule has 0 saturated carbocycles. The molecular formula is C19H27F2N3O5. The Balaban J connectivity index is 2.70. The molecule has 29 heavy (non-hydrogen) atoms. The van der Waals surface area contributed by atoms with Crippen LogP contribution in [0.25, 0.3) is 0 Å². The summed E-state index contributed by atoms with van der Waals surface area (Å²) in [6.07, 6.45) is 0. The lowest BCUT2D eigenvalue weighted by atomic mass is 10.1. The summed E-state index contributed by atoms with van der Waals surface area (Å²) in [6, 6.07) is 3.68. The van der Waals surface area contributed by atoms with E-state index in [1.54, 1.807) is 6.92 Å². The van der Waals surface area contributed by atoms with Crippen LogP contribution in [0.5, 0.6) is 11.5 Å². The van der Waals surface area contributed by atoms with E-state index in [1.807, 2.05) is 20.8 Å². The molecule has 0 spiro atoms.